The van der Waals surface area contributed by atoms with E-state index in [0.717, 1.165) is 0 Å². The Morgan fingerprint density at radius 1 is 1.53 bits per heavy atom. The highest BCUT2D eigenvalue weighted by Crippen LogP contribution is 1.87. The number of methoxy groups -OCH3 is 1. The van der Waals surface area contributed by atoms with E-state index in [1.54, 1.807) is 14.0 Å². The summed E-state index contributed by atoms with van der Waals surface area (Å²) in [6.45, 7) is 3.27. The quantitative estimate of drug-likeness (QED) is 0.521. The van der Waals surface area contributed by atoms with E-state index in [1.807, 2.05) is 0 Å². The zero-order valence-electron chi connectivity index (χ0n) is 9.17. The average Bonchev–Trinajstić information content (AvgIpc) is 2.24. The number of hydrogen-bond donors (Lipinski definition) is 1. The predicted molar refractivity (Wildman–Crippen MR) is 59.1 cm³/mol. The second-order valence-electron chi connectivity index (χ2n) is 2.71. The molecule has 0 saturated heterocycles. The number of hydrogen-bond acceptors (Lipinski definition) is 2. The number of amides is 2. The van der Waals surface area contributed by atoms with Crippen LogP contribution >= 0.6 is 0 Å². The van der Waals surface area contributed by atoms with Gasteiger partial charge in [-0.3, -0.25) is 0 Å². The van der Waals surface area contributed by atoms with E-state index >= 15 is 0 Å². The molecule has 0 aromatic rings. The lowest BCUT2D eigenvalue weighted by Gasteiger charge is -2.17. The Bertz CT molecular complexity index is 283. The molecule has 0 atom stereocenters. The van der Waals surface area contributed by atoms with Gasteiger partial charge < -0.3 is 15.0 Å². The number of carbonyl (C=O) groups is 1. The van der Waals surface area contributed by atoms with Crippen molar-refractivity contribution in [3.05, 3.63) is 0 Å². The van der Waals surface area contributed by atoms with E-state index in [2.05, 4.69) is 23.1 Å². The molecule has 0 aromatic carbocycles. The smallest absolute Gasteiger partial charge is 0.319 e. The third kappa shape index (κ3) is 6.42. The average molecular weight is 208 g/mol. The Kier molecular flexibility index (Phi) is 7.94. The van der Waals surface area contributed by atoms with Crippen molar-refractivity contribution in [1.29, 1.82) is 0 Å². The van der Waals surface area contributed by atoms with Crippen LogP contribution in [-0.4, -0.2) is 44.3 Å². The Morgan fingerprint density at radius 3 is 2.80 bits per heavy atom. The molecule has 2 amide bonds. The monoisotopic (exact) mass is 208 g/mol. The van der Waals surface area contributed by atoms with Gasteiger partial charge in [0.15, 0.2) is 0 Å². The maximum atomic E-state index is 11.5. The van der Waals surface area contributed by atoms with Gasteiger partial charge in [-0.15, -0.1) is 12.3 Å². The van der Waals surface area contributed by atoms with Crippen LogP contribution in [0.2, 0.25) is 0 Å². The van der Waals surface area contributed by atoms with Crippen LogP contribution in [0, 0.1) is 24.2 Å². The van der Waals surface area contributed by atoms with Crippen molar-refractivity contribution < 1.29 is 9.53 Å². The first-order valence-electron chi connectivity index (χ1n) is 4.61. The second kappa shape index (κ2) is 8.93. The fourth-order valence-corrected chi connectivity index (χ4v) is 0.856. The molecule has 0 bridgehead atoms. The van der Waals surface area contributed by atoms with E-state index in [-0.39, 0.29) is 12.6 Å². The molecule has 0 rings (SSSR count). The largest absolute Gasteiger partial charge is 0.383 e. The minimum Gasteiger partial charge on any atom is -0.383 e. The van der Waals surface area contributed by atoms with Crippen molar-refractivity contribution in [3.63, 3.8) is 0 Å². The molecule has 0 heterocycles. The third-order valence-electron chi connectivity index (χ3n) is 1.60. The van der Waals surface area contributed by atoms with Gasteiger partial charge >= 0.3 is 6.03 Å². The van der Waals surface area contributed by atoms with Gasteiger partial charge in [-0.25, -0.2) is 4.79 Å². The van der Waals surface area contributed by atoms with Gasteiger partial charge in [0.1, 0.15) is 0 Å². The summed E-state index contributed by atoms with van der Waals surface area (Å²) in [5.74, 6) is 7.92. The molecule has 0 unspecified atom stereocenters. The van der Waals surface area contributed by atoms with Gasteiger partial charge in [0, 0.05) is 13.7 Å². The molecule has 0 radical (unpaired) electrons. The standard InChI is InChI=1S/C11H16N2O2/c1-4-6-9-13(8-5-2)11(14)12-7-10-15-3/h2H,7-10H2,1,3H3,(H,12,14). The highest BCUT2D eigenvalue weighted by atomic mass is 16.5. The Labute approximate surface area is 91.0 Å². The summed E-state index contributed by atoms with van der Waals surface area (Å²) >= 11 is 0. The maximum Gasteiger partial charge on any atom is 0.319 e. The fraction of sp³-hybridized carbons (Fsp3) is 0.545. The summed E-state index contributed by atoms with van der Waals surface area (Å²) in [5.41, 5.74) is 0. The number of urea groups is 1. The van der Waals surface area contributed by atoms with Crippen LogP contribution in [0.15, 0.2) is 0 Å². The van der Waals surface area contributed by atoms with E-state index in [9.17, 15) is 4.79 Å². The molecule has 0 aliphatic heterocycles. The van der Waals surface area contributed by atoms with Crippen molar-refractivity contribution in [2.24, 2.45) is 0 Å². The minimum atomic E-state index is -0.215. The SMILES string of the molecule is C#CCN(CC#CC)C(=O)NCCOC. The van der Waals surface area contributed by atoms with Crippen molar-refractivity contribution >= 4 is 6.03 Å². The van der Waals surface area contributed by atoms with Crippen LogP contribution in [0.5, 0.6) is 0 Å². The molecule has 0 aliphatic carbocycles. The minimum absolute atomic E-state index is 0.215. The van der Waals surface area contributed by atoms with Gasteiger partial charge in [0.25, 0.3) is 0 Å². The molecular weight excluding hydrogens is 192 g/mol. The number of carbonyl (C=O) groups excluding carboxylic acids is 1. The van der Waals surface area contributed by atoms with Crippen LogP contribution in [0.3, 0.4) is 0 Å². The first kappa shape index (κ1) is 13.4. The zero-order chi connectivity index (χ0) is 11.5. The van der Waals surface area contributed by atoms with E-state index < -0.39 is 0 Å². The van der Waals surface area contributed by atoms with Gasteiger partial charge in [-0.2, -0.15) is 0 Å². The number of rotatable bonds is 5. The molecule has 0 aromatic heterocycles. The van der Waals surface area contributed by atoms with Gasteiger partial charge in [-0.05, 0) is 6.92 Å². The number of ether oxygens (including phenoxy) is 1. The molecule has 0 aliphatic rings. The van der Waals surface area contributed by atoms with Crippen LogP contribution in [0.25, 0.3) is 0 Å². The van der Waals surface area contributed by atoms with Crippen LogP contribution in [0.1, 0.15) is 6.92 Å². The van der Waals surface area contributed by atoms with E-state index in [1.165, 1.54) is 4.90 Å². The van der Waals surface area contributed by atoms with Crippen LogP contribution in [-0.2, 0) is 4.74 Å². The highest BCUT2D eigenvalue weighted by molar-refractivity contribution is 5.74. The van der Waals surface area contributed by atoms with Crippen molar-refractivity contribution in [2.75, 3.05) is 33.4 Å². The molecule has 4 nitrogen and oxygen atoms in total. The zero-order valence-corrected chi connectivity index (χ0v) is 9.17. The van der Waals surface area contributed by atoms with Gasteiger partial charge in [0.05, 0.1) is 19.7 Å². The molecule has 0 saturated carbocycles. The molecular formula is C11H16N2O2. The number of nitrogens with zero attached hydrogens (tertiary/aromatic N) is 1. The lowest BCUT2D eigenvalue weighted by Crippen LogP contribution is -2.41. The summed E-state index contributed by atoms with van der Waals surface area (Å²) < 4.78 is 4.81. The normalized spacial score (nSPS) is 8.33. The van der Waals surface area contributed by atoms with Gasteiger partial charge in [-0.1, -0.05) is 11.8 Å². The Morgan fingerprint density at radius 2 is 2.27 bits per heavy atom. The lowest BCUT2D eigenvalue weighted by atomic mass is 10.5. The lowest BCUT2D eigenvalue weighted by molar-refractivity contribution is 0.185. The topological polar surface area (TPSA) is 41.6 Å². The van der Waals surface area contributed by atoms with Crippen LogP contribution in [0.4, 0.5) is 4.79 Å². The first-order valence-corrected chi connectivity index (χ1v) is 4.61. The highest BCUT2D eigenvalue weighted by Gasteiger charge is 2.09. The molecule has 82 valence electrons. The molecule has 0 spiro atoms. The summed E-state index contributed by atoms with van der Waals surface area (Å²) in [5, 5.41) is 2.68. The summed E-state index contributed by atoms with van der Waals surface area (Å²) in [6.07, 6.45) is 5.15. The summed E-state index contributed by atoms with van der Waals surface area (Å²) in [4.78, 5) is 13.0. The van der Waals surface area contributed by atoms with Crippen LogP contribution < -0.4 is 5.32 Å². The summed E-state index contributed by atoms with van der Waals surface area (Å²) in [7, 11) is 1.58. The Balaban J connectivity index is 4.03. The van der Waals surface area contributed by atoms with Crippen molar-refractivity contribution in [2.45, 2.75) is 6.92 Å². The van der Waals surface area contributed by atoms with E-state index in [0.29, 0.717) is 19.7 Å². The molecule has 1 N–H and O–H groups in total. The second-order valence-corrected chi connectivity index (χ2v) is 2.71. The molecule has 0 fully saturated rings. The number of terminal acetylenes is 1. The summed E-state index contributed by atoms with van der Waals surface area (Å²) in [6, 6.07) is -0.215. The maximum absolute atomic E-state index is 11.5. The first-order chi connectivity index (χ1) is 7.26. The van der Waals surface area contributed by atoms with E-state index in [4.69, 9.17) is 11.2 Å². The molecule has 4 heteroatoms. The fourth-order valence-electron chi connectivity index (χ4n) is 0.856. The van der Waals surface area contributed by atoms with Crippen molar-refractivity contribution in [1.82, 2.24) is 10.2 Å². The van der Waals surface area contributed by atoms with Gasteiger partial charge in [0.2, 0.25) is 0 Å². The molecule has 15 heavy (non-hydrogen) atoms. The third-order valence-corrected chi connectivity index (χ3v) is 1.60. The predicted octanol–water partition coefficient (Wildman–Crippen LogP) is 0.301. The Hall–Kier alpha value is -1.65. The van der Waals surface area contributed by atoms with Crippen molar-refractivity contribution in [3.8, 4) is 24.2 Å². The number of nitrogens with one attached hydrogen (secondary N) is 1.